The van der Waals surface area contributed by atoms with Crippen LogP contribution in [-0.4, -0.2) is 11.8 Å². The Morgan fingerprint density at radius 1 is 1.05 bits per heavy atom. The van der Waals surface area contributed by atoms with Crippen LogP contribution >= 0.6 is 11.3 Å². The molecule has 1 aliphatic rings. The molecule has 1 saturated carbocycles. The van der Waals surface area contributed by atoms with Crippen LogP contribution in [0.15, 0.2) is 30.3 Å². The van der Waals surface area contributed by atoms with Gasteiger partial charge in [0.2, 0.25) is 5.91 Å². The van der Waals surface area contributed by atoms with E-state index >= 15 is 0 Å². The predicted octanol–water partition coefficient (Wildman–Crippen LogP) is 3.97. The van der Waals surface area contributed by atoms with Gasteiger partial charge in [-0.15, -0.1) is 11.3 Å². The average Bonchev–Trinajstić information content (AvgIpc) is 3.26. The SMILES string of the molecule is Cc1cc(C(=O)Nc2ccc(NC(=O)C3CC3)cc2)c(C)s1. The number of nitrogens with one attached hydrogen (secondary N) is 2. The monoisotopic (exact) mass is 314 g/mol. The van der Waals surface area contributed by atoms with E-state index in [2.05, 4.69) is 10.6 Å². The van der Waals surface area contributed by atoms with Gasteiger partial charge in [-0.05, 0) is 57.0 Å². The summed E-state index contributed by atoms with van der Waals surface area (Å²) in [7, 11) is 0. The van der Waals surface area contributed by atoms with E-state index in [9.17, 15) is 9.59 Å². The quantitative estimate of drug-likeness (QED) is 0.897. The fraction of sp³-hybridized carbons (Fsp3) is 0.294. The molecule has 1 heterocycles. The van der Waals surface area contributed by atoms with Crippen LogP contribution in [0.25, 0.3) is 0 Å². The zero-order chi connectivity index (χ0) is 15.7. The fourth-order valence-corrected chi connectivity index (χ4v) is 3.20. The van der Waals surface area contributed by atoms with Crippen molar-refractivity contribution < 1.29 is 9.59 Å². The van der Waals surface area contributed by atoms with E-state index in [1.54, 1.807) is 23.5 Å². The third-order valence-electron chi connectivity index (χ3n) is 3.64. The lowest BCUT2D eigenvalue weighted by atomic mass is 10.2. The number of carbonyl (C=O) groups is 2. The van der Waals surface area contributed by atoms with Crippen molar-refractivity contribution in [2.24, 2.45) is 5.92 Å². The van der Waals surface area contributed by atoms with Crippen LogP contribution in [0.4, 0.5) is 11.4 Å². The lowest BCUT2D eigenvalue weighted by molar-refractivity contribution is -0.117. The van der Waals surface area contributed by atoms with E-state index in [0.29, 0.717) is 5.56 Å². The minimum absolute atomic E-state index is 0.0844. The highest BCUT2D eigenvalue weighted by atomic mass is 32.1. The maximum Gasteiger partial charge on any atom is 0.256 e. The summed E-state index contributed by atoms with van der Waals surface area (Å²) in [5, 5.41) is 5.76. The number of benzene rings is 1. The minimum atomic E-state index is -0.100. The number of anilines is 2. The lowest BCUT2D eigenvalue weighted by Crippen LogP contribution is -2.14. The molecule has 0 radical (unpaired) electrons. The molecule has 0 bridgehead atoms. The molecule has 0 unspecified atom stereocenters. The molecule has 0 aliphatic heterocycles. The van der Waals surface area contributed by atoms with E-state index in [1.165, 1.54) is 0 Å². The molecule has 1 aromatic carbocycles. The summed E-state index contributed by atoms with van der Waals surface area (Å²) < 4.78 is 0. The Labute approximate surface area is 133 Å². The van der Waals surface area contributed by atoms with E-state index in [-0.39, 0.29) is 17.7 Å². The molecule has 0 saturated heterocycles. The van der Waals surface area contributed by atoms with Crippen molar-refractivity contribution >= 4 is 34.5 Å². The van der Waals surface area contributed by atoms with Gasteiger partial charge in [0.15, 0.2) is 0 Å². The standard InChI is InChI=1S/C17H18N2O2S/c1-10-9-15(11(2)22-10)17(21)19-14-7-5-13(6-8-14)18-16(20)12-3-4-12/h5-9,12H,3-4H2,1-2H3,(H,18,20)(H,19,21). The minimum Gasteiger partial charge on any atom is -0.326 e. The third-order valence-corrected chi connectivity index (χ3v) is 4.61. The summed E-state index contributed by atoms with van der Waals surface area (Å²) in [5.74, 6) is 0.168. The first-order valence-corrected chi connectivity index (χ1v) is 8.14. The second-order valence-corrected chi connectivity index (χ2v) is 7.08. The van der Waals surface area contributed by atoms with E-state index < -0.39 is 0 Å². The molecule has 1 fully saturated rings. The number of thiophene rings is 1. The average molecular weight is 314 g/mol. The number of rotatable bonds is 4. The van der Waals surface area contributed by atoms with Crippen molar-refractivity contribution in [2.45, 2.75) is 26.7 Å². The fourth-order valence-electron chi connectivity index (χ4n) is 2.28. The van der Waals surface area contributed by atoms with Gasteiger partial charge in [0.25, 0.3) is 5.91 Å². The van der Waals surface area contributed by atoms with Crippen molar-refractivity contribution in [2.75, 3.05) is 10.6 Å². The molecule has 3 rings (SSSR count). The molecule has 114 valence electrons. The van der Waals surface area contributed by atoms with Gasteiger partial charge >= 0.3 is 0 Å². The Bertz CT molecular complexity index is 715. The van der Waals surface area contributed by atoms with Gasteiger partial charge in [-0.3, -0.25) is 9.59 Å². The molecule has 0 spiro atoms. The Morgan fingerprint density at radius 3 is 2.14 bits per heavy atom. The van der Waals surface area contributed by atoms with Gasteiger partial charge in [-0.2, -0.15) is 0 Å². The zero-order valence-electron chi connectivity index (χ0n) is 12.6. The molecule has 1 aliphatic carbocycles. The summed E-state index contributed by atoms with van der Waals surface area (Å²) in [6.07, 6.45) is 1.97. The maximum absolute atomic E-state index is 12.2. The number of hydrogen-bond donors (Lipinski definition) is 2. The van der Waals surface area contributed by atoms with E-state index in [0.717, 1.165) is 34.0 Å². The van der Waals surface area contributed by atoms with Gasteiger partial charge in [0.05, 0.1) is 5.56 Å². The van der Waals surface area contributed by atoms with Gasteiger partial charge in [0.1, 0.15) is 0 Å². The van der Waals surface area contributed by atoms with Crippen molar-refractivity contribution in [1.29, 1.82) is 0 Å². The summed E-state index contributed by atoms with van der Waals surface area (Å²) in [4.78, 5) is 26.1. The molecular formula is C17H18N2O2S. The number of amides is 2. The highest BCUT2D eigenvalue weighted by molar-refractivity contribution is 7.12. The first kappa shape index (κ1) is 14.8. The highest BCUT2D eigenvalue weighted by Gasteiger charge is 2.29. The van der Waals surface area contributed by atoms with Gasteiger partial charge in [-0.25, -0.2) is 0 Å². The first-order valence-electron chi connectivity index (χ1n) is 7.32. The van der Waals surface area contributed by atoms with Crippen LogP contribution in [-0.2, 0) is 4.79 Å². The molecule has 2 amide bonds. The van der Waals surface area contributed by atoms with Crippen LogP contribution in [0, 0.1) is 19.8 Å². The maximum atomic E-state index is 12.2. The molecule has 1 aromatic heterocycles. The van der Waals surface area contributed by atoms with Gasteiger partial charge in [-0.1, -0.05) is 0 Å². The Morgan fingerprint density at radius 2 is 1.64 bits per heavy atom. The van der Waals surface area contributed by atoms with Crippen molar-refractivity contribution in [3.63, 3.8) is 0 Å². The number of hydrogen-bond acceptors (Lipinski definition) is 3. The largest absolute Gasteiger partial charge is 0.326 e. The third kappa shape index (κ3) is 3.36. The molecule has 5 heteroatoms. The second kappa shape index (κ2) is 5.93. The van der Waals surface area contributed by atoms with Gasteiger partial charge in [0, 0.05) is 27.0 Å². The normalized spacial score (nSPS) is 13.7. The Hall–Kier alpha value is -2.14. The molecule has 2 aromatic rings. The summed E-state index contributed by atoms with van der Waals surface area (Å²) in [6, 6.07) is 9.12. The van der Waals surface area contributed by atoms with Crippen molar-refractivity contribution in [3.05, 3.63) is 45.6 Å². The van der Waals surface area contributed by atoms with Gasteiger partial charge < -0.3 is 10.6 Å². The van der Waals surface area contributed by atoms with E-state index in [4.69, 9.17) is 0 Å². The zero-order valence-corrected chi connectivity index (χ0v) is 13.4. The molecule has 0 atom stereocenters. The first-order chi connectivity index (χ1) is 10.5. The molecule has 4 nitrogen and oxygen atoms in total. The highest BCUT2D eigenvalue weighted by Crippen LogP contribution is 2.30. The number of aryl methyl sites for hydroxylation is 2. The van der Waals surface area contributed by atoms with Crippen LogP contribution in [0.1, 0.15) is 33.0 Å². The second-order valence-electron chi connectivity index (χ2n) is 5.62. The summed E-state index contributed by atoms with van der Waals surface area (Å²) >= 11 is 1.62. The molecular weight excluding hydrogens is 296 g/mol. The predicted molar refractivity (Wildman–Crippen MR) is 89.5 cm³/mol. The summed E-state index contributed by atoms with van der Waals surface area (Å²) in [6.45, 7) is 3.94. The van der Waals surface area contributed by atoms with Crippen molar-refractivity contribution in [1.82, 2.24) is 0 Å². The lowest BCUT2D eigenvalue weighted by Gasteiger charge is -2.07. The topological polar surface area (TPSA) is 58.2 Å². The van der Waals surface area contributed by atoms with Crippen LogP contribution in [0.2, 0.25) is 0 Å². The number of carbonyl (C=O) groups excluding carboxylic acids is 2. The van der Waals surface area contributed by atoms with Crippen LogP contribution < -0.4 is 10.6 Å². The smallest absolute Gasteiger partial charge is 0.256 e. The summed E-state index contributed by atoms with van der Waals surface area (Å²) in [5.41, 5.74) is 2.20. The molecule has 2 N–H and O–H groups in total. The van der Waals surface area contributed by atoms with Crippen molar-refractivity contribution in [3.8, 4) is 0 Å². The van der Waals surface area contributed by atoms with Crippen LogP contribution in [0.3, 0.4) is 0 Å². The molecule has 22 heavy (non-hydrogen) atoms. The van der Waals surface area contributed by atoms with Crippen LogP contribution in [0.5, 0.6) is 0 Å². The Kier molecular flexibility index (Phi) is 3.98. The Balaban J connectivity index is 1.64. The van der Waals surface area contributed by atoms with E-state index in [1.807, 2.05) is 32.0 Å².